The molecule has 0 radical (unpaired) electrons. The van der Waals surface area contributed by atoms with Crippen LogP contribution in [0.4, 0.5) is 0 Å². The van der Waals surface area contributed by atoms with Gasteiger partial charge in [-0.2, -0.15) is 5.10 Å². The molecule has 142 valence electrons. The summed E-state index contributed by atoms with van der Waals surface area (Å²) in [5.74, 6) is -0.141. The van der Waals surface area contributed by atoms with Gasteiger partial charge in [0.1, 0.15) is 11.6 Å². The van der Waals surface area contributed by atoms with Gasteiger partial charge in [0, 0.05) is 17.8 Å². The number of aryl methyl sites for hydroxylation is 1. The normalized spacial score (nSPS) is 13.5. The Morgan fingerprint density at radius 1 is 1.00 bits per heavy atom. The number of amides is 1. The first-order valence-corrected chi connectivity index (χ1v) is 9.29. The lowest BCUT2D eigenvalue weighted by atomic mass is 10.1. The Labute approximate surface area is 162 Å². The van der Waals surface area contributed by atoms with E-state index in [4.69, 9.17) is 0 Å². The average molecular weight is 374 g/mol. The largest absolute Gasteiger partial charge is 0.348 e. The molecule has 0 saturated carbocycles. The average Bonchev–Trinajstić information content (AvgIpc) is 3.05. The lowest BCUT2D eigenvalue weighted by molar-refractivity contribution is -0.124. The predicted molar refractivity (Wildman–Crippen MR) is 110 cm³/mol. The highest BCUT2D eigenvalue weighted by molar-refractivity contribution is 6.08. The van der Waals surface area contributed by atoms with Crippen LogP contribution in [0.2, 0.25) is 0 Å². The van der Waals surface area contributed by atoms with Crippen LogP contribution in [0.1, 0.15) is 31.5 Å². The van der Waals surface area contributed by atoms with Crippen molar-refractivity contribution in [3.8, 4) is 0 Å². The molecular formula is C22H22N4O2. The van der Waals surface area contributed by atoms with Crippen molar-refractivity contribution in [2.75, 3.05) is 0 Å². The van der Waals surface area contributed by atoms with E-state index in [2.05, 4.69) is 10.4 Å². The van der Waals surface area contributed by atoms with Crippen molar-refractivity contribution in [1.82, 2.24) is 19.7 Å². The molecule has 4 rings (SSSR count). The van der Waals surface area contributed by atoms with Crippen LogP contribution in [0, 0.1) is 0 Å². The van der Waals surface area contributed by atoms with Gasteiger partial charge in [-0.05, 0) is 25.5 Å². The van der Waals surface area contributed by atoms with Gasteiger partial charge < -0.3 is 9.88 Å². The van der Waals surface area contributed by atoms with E-state index in [0.29, 0.717) is 5.52 Å². The summed E-state index contributed by atoms with van der Waals surface area (Å²) in [6.07, 6.45) is 1.69. The van der Waals surface area contributed by atoms with Crippen LogP contribution in [0.3, 0.4) is 0 Å². The highest BCUT2D eigenvalue weighted by atomic mass is 16.2. The fourth-order valence-electron chi connectivity index (χ4n) is 3.67. The van der Waals surface area contributed by atoms with Crippen molar-refractivity contribution in [2.45, 2.75) is 25.9 Å². The van der Waals surface area contributed by atoms with Crippen molar-refractivity contribution < 1.29 is 4.79 Å². The topological polar surface area (TPSA) is 68.9 Å². The highest BCUT2D eigenvalue weighted by Gasteiger charge is 2.24. The second-order valence-electron chi connectivity index (χ2n) is 7.04. The van der Waals surface area contributed by atoms with Gasteiger partial charge in [0.15, 0.2) is 0 Å². The number of hydrogen-bond donors (Lipinski definition) is 1. The van der Waals surface area contributed by atoms with E-state index in [0.717, 1.165) is 21.9 Å². The van der Waals surface area contributed by atoms with Gasteiger partial charge in [-0.15, -0.1) is 0 Å². The van der Waals surface area contributed by atoms with Gasteiger partial charge in [0.25, 0.3) is 5.56 Å². The smallest absolute Gasteiger partial charge is 0.291 e. The maximum atomic E-state index is 13.1. The van der Waals surface area contributed by atoms with E-state index in [1.807, 2.05) is 73.0 Å². The van der Waals surface area contributed by atoms with Crippen molar-refractivity contribution in [2.24, 2.45) is 7.05 Å². The third-order valence-electron chi connectivity index (χ3n) is 5.23. The molecule has 0 saturated heterocycles. The Morgan fingerprint density at radius 2 is 1.68 bits per heavy atom. The van der Waals surface area contributed by atoms with E-state index >= 15 is 0 Å². The minimum atomic E-state index is -0.552. The first kappa shape index (κ1) is 18.0. The number of fused-ring (bicyclic) bond motifs is 3. The first-order valence-electron chi connectivity index (χ1n) is 9.29. The second kappa shape index (κ2) is 6.96. The number of nitrogens with zero attached hydrogens (tertiary/aromatic N) is 3. The molecule has 0 bridgehead atoms. The zero-order valence-corrected chi connectivity index (χ0v) is 16.1. The van der Waals surface area contributed by atoms with Crippen LogP contribution < -0.4 is 10.9 Å². The number of hydrogen-bond acceptors (Lipinski definition) is 3. The predicted octanol–water partition coefficient (Wildman–Crippen LogP) is 3.33. The Kier molecular flexibility index (Phi) is 4.47. The molecule has 6 heteroatoms. The van der Waals surface area contributed by atoms with Gasteiger partial charge in [-0.25, -0.2) is 4.68 Å². The van der Waals surface area contributed by atoms with Crippen molar-refractivity contribution in [1.29, 1.82) is 0 Å². The highest BCUT2D eigenvalue weighted by Crippen LogP contribution is 2.29. The number of rotatable bonds is 4. The lowest BCUT2D eigenvalue weighted by Gasteiger charge is -2.20. The maximum Gasteiger partial charge on any atom is 0.291 e. The summed E-state index contributed by atoms with van der Waals surface area (Å²) in [6, 6.07) is 16.8. The number of carbonyl (C=O) groups is 1. The molecule has 0 spiro atoms. The summed E-state index contributed by atoms with van der Waals surface area (Å²) in [4.78, 5) is 25.9. The molecule has 6 nitrogen and oxygen atoms in total. The SMILES string of the molecule is CC(NC(=O)C(C)n1c2ccccc2c2cnn(C)c(=O)c21)c1ccccc1. The second-order valence-corrected chi connectivity index (χ2v) is 7.04. The van der Waals surface area contributed by atoms with Crippen LogP contribution in [0.25, 0.3) is 21.8 Å². The summed E-state index contributed by atoms with van der Waals surface area (Å²) < 4.78 is 3.12. The molecule has 0 aliphatic heterocycles. The fraction of sp³-hybridized carbons (Fsp3) is 0.227. The van der Waals surface area contributed by atoms with Crippen LogP contribution >= 0.6 is 0 Å². The van der Waals surface area contributed by atoms with Crippen molar-refractivity contribution in [3.05, 3.63) is 76.7 Å². The molecule has 2 aromatic heterocycles. The third-order valence-corrected chi connectivity index (χ3v) is 5.23. The molecule has 2 heterocycles. The van der Waals surface area contributed by atoms with E-state index < -0.39 is 6.04 Å². The fourth-order valence-corrected chi connectivity index (χ4v) is 3.67. The Hall–Kier alpha value is -3.41. The standard InChI is InChI=1S/C22H22N4O2/c1-14(16-9-5-4-6-10-16)24-21(27)15(2)26-19-12-8-7-11-17(19)18-13-23-25(3)22(28)20(18)26/h4-15H,1-3H3,(H,24,27). The van der Waals surface area contributed by atoms with Crippen molar-refractivity contribution in [3.63, 3.8) is 0 Å². The number of benzene rings is 2. The molecule has 4 aromatic rings. The van der Waals surface area contributed by atoms with Crippen LogP contribution in [0.15, 0.2) is 65.6 Å². The Morgan fingerprint density at radius 3 is 2.43 bits per heavy atom. The Balaban J connectivity index is 1.80. The summed E-state index contributed by atoms with van der Waals surface area (Å²) in [5, 5.41) is 8.89. The zero-order valence-electron chi connectivity index (χ0n) is 16.1. The molecule has 1 N–H and O–H groups in total. The molecule has 2 atom stereocenters. The summed E-state index contributed by atoms with van der Waals surface area (Å²) >= 11 is 0. The first-order chi connectivity index (χ1) is 13.5. The molecule has 0 fully saturated rings. The number of para-hydroxylation sites is 1. The monoisotopic (exact) mass is 374 g/mol. The van der Waals surface area contributed by atoms with Crippen LogP contribution in [-0.2, 0) is 11.8 Å². The van der Waals surface area contributed by atoms with Gasteiger partial charge in [0.05, 0.1) is 17.8 Å². The summed E-state index contributed by atoms with van der Waals surface area (Å²) in [7, 11) is 1.62. The zero-order chi connectivity index (χ0) is 19.8. The third kappa shape index (κ3) is 2.87. The van der Waals surface area contributed by atoms with E-state index in [-0.39, 0.29) is 17.5 Å². The maximum absolute atomic E-state index is 13.1. The molecule has 1 amide bonds. The molecule has 0 aliphatic carbocycles. The quantitative estimate of drug-likeness (QED) is 0.596. The number of aromatic nitrogens is 3. The lowest BCUT2D eigenvalue weighted by Crippen LogP contribution is -2.34. The number of nitrogens with one attached hydrogen (secondary N) is 1. The van der Waals surface area contributed by atoms with Gasteiger partial charge in [-0.1, -0.05) is 48.5 Å². The molecule has 28 heavy (non-hydrogen) atoms. The number of carbonyl (C=O) groups excluding carboxylic acids is 1. The minimum Gasteiger partial charge on any atom is -0.348 e. The Bertz CT molecular complexity index is 1220. The molecular weight excluding hydrogens is 352 g/mol. The molecule has 0 aliphatic rings. The molecule has 2 unspecified atom stereocenters. The van der Waals surface area contributed by atoms with Crippen LogP contribution in [-0.4, -0.2) is 20.3 Å². The molecule has 2 aromatic carbocycles. The van der Waals surface area contributed by atoms with E-state index in [1.165, 1.54) is 4.68 Å². The summed E-state index contributed by atoms with van der Waals surface area (Å²) in [6.45, 7) is 3.77. The van der Waals surface area contributed by atoms with Gasteiger partial charge >= 0.3 is 0 Å². The minimum absolute atomic E-state index is 0.131. The van der Waals surface area contributed by atoms with E-state index in [1.54, 1.807) is 13.2 Å². The summed E-state index contributed by atoms with van der Waals surface area (Å²) in [5.41, 5.74) is 2.15. The van der Waals surface area contributed by atoms with E-state index in [9.17, 15) is 9.59 Å². The van der Waals surface area contributed by atoms with Crippen molar-refractivity contribution >= 4 is 27.7 Å². The van der Waals surface area contributed by atoms with Gasteiger partial charge in [0.2, 0.25) is 5.91 Å². The van der Waals surface area contributed by atoms with Crippen LogP contribution in [0.5, 0.6) is 0 Å². The van der Waals surface area contributed by atoms with Gasteiger partial charge in [-0.3, -0.25) is 9.59 Å².